The lowest BCUT2D eigenvalue weighted by Crippen LogP contribution is -2.37. The van der Waals surface area contributed by atoms with E-state index in [0.29, 0.717) is 11.5 Å². The summed E-state index contributed by atoms with van der Waals surface area (Å²) in [5.74, 6) is 0.559. The van der Waals surface area contributed by atoms with Crippen molar-refractivity contribution in [2.45, 2.75) is 26.7 Å². The molecule has 1 aliphatic rings. The molecule has 5 heteroatoms. The Morgan fingerprint density at radius 2 is 2.14 bits per heavy atom. The fourth-order valence-corrected chi connectivity index (χ4v) is 2.68. The van der Waals surface area contributed by atoms with Gasteiger partial charge in [-0.2, -0.15) is 0 Å². The van der Waals surface area contributed by atoms with E-state index in [-0.39, 0.29) is 5.91 Å². The molecule has 0 aliphatic carbocycles. The van der Waals surface area contributed by atoms with Crippen molar-refractivity contribution < 1.29 is 4.79 Å². The number of aromatic nitrogens is 1. The molecule has 2 rings (SSSR count). The van der Waals surface area contributed by atoms with Gasteiger partial charge in [0.05, 0.1) is 11.3 Å². The van der Waals surface area contributed by atoms with E-state index in [4.69, 9.17) is 0 Å². The average Bonchev–Trinajstić information content (AvgIpc) is 2.47. The van der Waals surface area contributed by atoms with Crippen LogP contribution in [0.5, 0.6) is 0 Å². The third-order valence-corrected chi connectivity index (χ3v) is 4.04. The van der Waals surface area contributed by atoms with Gasteiger partial charge < -0.3 is 15.5 Å². The minimum absolute atomic E-state index is 0.0302. The molecule has 1 aromatic rings. The highest BCUT2D eigenvalue weighted by atomic mass is 16.1. The molecule has 1 saturated heterocycles. The van der Waals surface area contributed by atoms with E-state index in [1.165, 1.54) is 0 Å². The molecule has 0 radical (unpaired) electrons. The van der Waals surface area contributed by atoms with Crippen LogP contribution in [0.1, 0.15) is 35.8 Å². The molecule has 116 valence electrons. The first-order chi connectivity index (χ1) is 10.1. The number of hydrogen-bond donors (Lipinski definition) is 2. The molecule has 2 heterocycles. The number of pyridine rings is 1. The van der Waals surface area contributed by atoms with Crippen molar-refractivity contribution in [3.63, 3.8) is 0 Å². The van der Waals surface area contributed by atoms with Gasteiger partial charge in [0.1, 0.15) is 0 Å². The number of aryl methyl sites for hydroxylation is 1. The summed E-state index contributed by atoms with van der Waals surface area (Å²) in [4.78, 5) is 18.9. The van der Waals surface area contributed by atoms with Gasteiger partial charge in [-0.1, -0.05) is 0 Å². The summed E-state index contributed by atoms with van der Waals surface area (Å²) in [7, 11) is 2.15. The molecule has 0 atom stereocenters. The van der Waals surface area contributed by atoms with Crippen LogP contribution in [-0.2, 0) is 0 Å². The first-order valence-electron chi connectivity index (χ1n) is 7.77. The molecule has 5 nitrogen and oxygen atoms in total. The van der Waals surface area contributed by atoms with Crippen LogP contribution in [0, 0.1) is 12.8 Å². The van der Waals surface area contributed by atoms with Crippen molar-refractivity contribution in [3.8, 4) is 0 Å². The summed E-state index contributed by atoms with van der Waals surface area (Å²) >= 11 is 0. The minimum Gasteiger partial charge on any atom is -0.385 e. The maximum Gasteiger partial charge on any atom is 0.254 e. The third kappa shape index (κ3) is 4.43. The zero-order valence-corrected chi connectivity index (χ0v) is 13.3. The fraction of sp³-hybridized carbons (Fsp3) is 0.625. The van der Waals surface area contributed by atoms with E-state index in [1.54, 1.807) is 6.20 Å². The zero-order valence-electron chi connectivity index (χ0n) is 13.3. The van der Waals surface area contributed by atoms with E-state index in [9.17, 15) is 4.79 Å². The summed E-state index contributed by atoms with van der Waals surface area (Å²) in [6.45, 7) is 7.74. The Morgan fingerprint density at radius 3 is 2.81 bits per heavy atom. The maximum atomic E-state index is 12.4. The second-order valence-electron chi connectivity index (χ2n) is 5.86. The first kappa shape index (κ1) is 15.8. The second-order valence-corrected chi connectivity index (χ2v) is 5.86. The summed E-state index contributed by atoms with van der Waals surface area (Å²) < 4.78 is 0. The Morgan fingerprint density at radius 1 is 1.43 bits per heavy atom. The van der Waals surface area contributed by atoms with E-state index >= 15 is 0 Å². The molecular weight excluding hydrogens is 264 g/mol. The van der Waals surface area contributed by atoms with Crippen molar-refractivity contribution in [2.24, 2.45) is 5.92 Å². The van der Waals surface area contributed by atoms with Gasteiger partial charge in [0.25, 0.3) is 5.91 Å². The third-order valence-electron chi connectivity index (χ3n) is 4.04. The lowest BCUT2D eigenvalue weighted by atomic mass is 9.97. The smallest absolute Gasteiger partial charge is 0.254 e. The van der Waals surface area contributed by atoms with Crippen molar-refractivity contribution in [1.82, 2.24) is 15.2 Å². The van der Waals surface area contributed by atoms with Gasteiger partial charge in [-0.25, -0.2) is 0 Å². The number of amides is 1. The summed E-state index contributed by atoms with van der Waals surface area (Å²) in [5, 5.41) is 6.30. The number of likely N-dealkylation sites (tertiary alicyclic amines) is 1. The van der Waals surface area contributed by atoms with Gasteiger partial charge in [-0.3, -0.25) is 9.78 Å². The fourth-order valence-electron chi connectivity index (χ4n) is 2.68. The number of hydrogen-bond acceptors (Lipinski definition) is 4. The highest BCUT2D eigenvalue weighted by molar-refractivity contribution is 5.99. The topological polar surface area (TPSA) is 57.3 Å². The van der Waals surface area contributed by atoms with Crippen LogP contribution < -0.4 is 10.6 Å². The van der Waals surface area contributed by atoms with E-state index in [2.05, 4.69) is 27.6 Å². The molecule has 1 aromatic heterocycles. The standard InChI is InChI=1S/C16H26N4O/c1-4-17-15-9-12(2)18-11-14(15)16(21)19-10-13-5-7-20(3)8-6-13/h9,11,13H,4-8,10H2,1-3H3,(H,17,18)(H,19,21). The van der Waals surface area contributed by atoms with Gasteiger partial charge in [-0.15, -0.1) is 0 Å². The Hall–Kier alpha value is -1.62. The van der Waals surface area contributed by atoms with Gasteiger partial charge >= 0.3 is 0 Å². The van der Waals surface area contributed by atoms with E-state index in [1.807, 2.05) is 19.9 Å². The van der Waals surface area contributed by atoms with Gasteiger partial charge in [0.15, 0.2) is 0 Å². The highest BCUT2D eigenvalue weighted by Gasteiger charge is 2.18. The minimum atomic E-state index is -0.0302. The molecule has 0 saturated carbocycles. The number of nitrogens with one attached hydrogen (secondary N) is 2. The molecular formula is C16H26N4O. The zero-order chi connectivity index (χ0) is 15.2. The van der Waals surface area contributed by atoms with Crippen LogP contribution in [0.4, 0.5) is 5.69 Å². The highest BCUT2D eigenvalue weighted by Crippen LogP contribution is 2.17. The molecule has 0 aromatic carbocycles. The molecule has 1 aliphatic heterocycles. The lowest BCUT2D eigenvalue weighted by Gasteiger charge is -2.29. The van der Waals surface area contributed by atoms with E-state index < -0.39 is 0 Å². The quantitative estimate of drug-likeness (QED) is 0.869. The van der Waals surface area contributed by atoms with Crippen LogP contribution in [0.2, 0.25) is 0 Å². The second kappa shape index (κ2) is 7.41. The summed E-state index contributed by atoms with van der Waals surface area (Å²) in [5.41, 5.74) is 2.42. The number of nitrogens with zero attached hydrogens (tertiary/aromatic N) is 2. The molecule has 1 fully saturated rings. The Balaban J connectivity index is 1.93. The van der Waals surface area contributed by atoms with Crippen molar-refractivity contribution in [1.29, 1.82) is 0 Å². The average molecular weight is 290 g/mol. The van der Waals surface area contributed by atoms with Gasteiger partial charge in [0, 0.05) is 25.0 Å². The molecule has 0 unspecified atom stereocenters. The number of anilines is 1. The van der Waals surface area contributed by atoms with Gasteiger partial charge in [-0.05, 0) is 58.8 Å². The van der Waals surface area contributed by atoms with Crippen LogP contribution in [0.15, 0.2) is 12.3 Å². The molecule has 0 bridgehead atoms. The number of rotatable bonds is 5. The normalized spacial score (nSPS) is 16.7. The summed E-state index contributed by atoms with van der Waals surface area (Å²) in [6, 6.07) is 1.92. The molecule has 2 N–H and O–H groups in total. The Labute approximate surface area is 127 Å². The van der Waals surface area contributed by atoms with Crippen molar-refractivity contribution >= 4 is 11.6 Å². The SMILES string of the molecule is CCNc1cc(C)ncc1C(=O)NCC1CCN(C)CC1. The predicted octanol–water partition coefficient (Wildman–Crippen LogP) is 1.89. The lowest BCUT2D eigenvalue weighted by molar-refractivity contribution is 0.0939. The van der Waals surface area contributed by atoms with Crippen LogP contribution >= 0.6 is 0 Å². The number of piperidine rings is 1. The van der Waals surface area contributed by atoms with Crippen LogP contribution in [0.25, 0.3) is 0 Å². The predicted molar refractivity (Wildman–Crippen MR) is 85.7 cm³/mol. The monoisotopic (exact) mass is 290 g/mol. The van der Waals surface area contributed by atoms with Gasteiger partial charge in [0.2, 0.25) is 0 Å². The van der Waals surface area contributed by atoms with Crippen LogP contribution in [-0.4, -0.2) is 49.0 Å². The molecule has 1 amide bonds. The molecule has 21 heavy (non-hydrogen) atoms. The first-order valence-corrected chi connectivity index (χ1v) is 7.77. The maximum absolute atomic E-state index is 12.4. The van der Waals surface area contributed by atoms with Crippen LogP contribution in [0.3, 0.4) is 0 Å². The Bertz CT molecular complexity index is 481. The number of carbonyl (C=O) groups excluding carboxylic acids is 1. The molecule has 0 spiro atoms. The largest absolute Gasteiger partial charge is 0.385 e. The number of carbonyl (C=O) groups is 1. The van der Waals surface area contributed by atoms with E-state index in [0.717, 1.165) is 50.4 Å². The van der Waals surface area contributed by atoms with Crippen molar-refractivity contribution in [3.05, 3.63) is 23.5 Å². The Kier molecular flexibility index (Phi) is 5.56. The van der Waals surface area contributed by atoms with Crippen molar-refractivity contribution in [2.75, 3.05) is 38.5 Å². The summed E-state index contributed by atoms with van der Waals surface area (Å²) in [6.07, 6.45) is 3.98.